The number of carboxylic acids is 1. The topological polar surface area (TPSA) is 145 Å². The van der Waals surface area contributed by atoms with Gasteiger partial charge in [-0.3, -0.25) is 9.59 Å². The van der Waals surface area contributed by atoms with Crippen molar-refractivity contribution in [1.82, 2.24) is 20.6 Å². The smallest absolute Gasteiger partial charge is 0.328 e. The number of aliphatic carboxylic acids is 1. The van der Waals surface area contributed by atoms with Crippen LogP contribution in [0.1, 0.15) is 6.92 Å². The number of anilines is 2. The van der Waals surface area contributed by atoms with Crippen LogP contribution in [-0.4, -0.2) is 59.0 Å². The highest BCUT2D eigenvalue weighted by molar-refractivity contribution is 5.93. The van der Waals surface area contributed by atoms with Gasteiger partial charge in [0.2, 0.25) is 11.8 Å². The minimum Gasteiger partial charge on any atom is -0.478 e. The summed E-state index contributed by atoms with van der Waals surface area (Å²) in [5.41, 5.74) is 0.846. The quantitative estimate of drug-likeness (QED) is 0.270. The summed E-state index contributed by atoms with van der Waals surface area (Å²) in [7, 11) is 0. The third-order valence-electron chi connectivity index (χ3n) is 3.67. The molecule has 158 valence electrons. The van der Waals surface area contributed by atoms with E-state index >= 15 is 0 Å². The lowest BCUT2D eigenvalue weighted by atomic mass is 10.2. The fraction of sp³-hybridized carbons (Fsp3) is 0.250. The number of hydrogen-bond acceptors (Lipinski definition) is 7. The van der Waals surface area contributed by atoms with E-state index < -0.39 is 11.9 Å². The molecule has 0 fully saturated rings. The van der Waals surface area contributed by atoms with Gasteiger partial charge in [-0.25, -0.2) is 14.8 Å². The van der Waals surface area contributed by atoms with Gasteiger partial charge in [0.05, 0.1) is 0 Å². The SMILES string of the molecule is CC(=O)NCCNc1cc(NCCNC(=O)C=CC(=O)O)nc(-c2ccccc2)n1. The average molecular weight is 412 g/mol. The van der Waals surface area contributed by atoms with Crippen molar-refractivity contribution in [2.24, 2.45) is 0 Å². The summed E-state index contributed by atoms with van der Waals surface area (Å²) in [4.78, 5) is 41.9. The van der Waals surface area contributed by atoms with Gasteiger partial charge < -0.3 is 26.4 Å². The lowest BCUT2D eigenvalue weighted by Crippen LogP contribution is -2.27. The second-order valence-electron chi connectivity index (χ2n) is 6.13. The van der Waals surface area contributed by atoms with Crippen LogP contribution in [0.5, 0.6) is 0 Å². The summed E-state index contributed by atoms with van der Waals surface area (Å²) in [5, 5.41) is 20.0. The first-order valence-electron chi connectivity index (χ1n) is 9.29. The van der Waals surface area contributed by atoms with Crippen molar-refractivity contribution in [1.29, 1.82) is 0 Å². The van der Waals surface area contributed by atoms with Crippen molar-refractivity contribution < 1.29 is 19.5 Å². The van der Waals surface area contributed by atoms with Crippen molar-refractivity contribution in [2.45, 2.75) is 6.92 Å². The van der Waals surface area contributed by atoms with Crippen LogP contribution >= 0.6 is 0 Å². The van der Waals surface area contributed by atoms with Gasteiger partial charge in [-0.15, -0.1) is 0 Å². The molecule has 0 aliphatic rings. The number of carbonyl (C=O) groups excluding carboxylic acids is 2. The molecule has 0 aliphatic carbocycles. The Morgan fingerprint density at radius 3 is 2.07 bits per heavy atom. The van der Waals surface area contributed by atoms with E-state index in [-0.39, 0.29) is 12.5 Å². The van der Waals surface area contributed by atoms with Gasteiger partial charge in [0.25, 0.3) is 0 Å². The van der Waals surface area contributed by atoms with Crippen LogP contribution in [0.25, 0.3) is 11.4 Å². The monoisotopic (exact) mass is 412 g/mol. The molecule has 0 saturated carbocycles. The van der Waals surface area contributed by atoms with Crippen LogP contribution in [-0.2, 0) is 14.4 Å². The van der Waals surface area contributed by atoms with E-state index in [1.54, 1.807) is 6.07 Å². The first kappa shape index (κ1) is 22.3. The molecule has 10 nitrogen and oxygen atoms in total. The summed E-state index contributed by atoms with van der Waals surface area (Å²) < 4.78 is 0. The van der Waals surface area contributed by atoms with Gasteiger partial charge in [0.15, 0.2) is 5.82 Å². The van der Waals surface area contributed by atoms with Crippen LogP contribution in [0.15, 0.2) is 48.6 Å². The fourth-order valence-electron chi connectivity index (χ4n) is 2.36. The van der Waals surface area contributed by atoms with Crippen molar-refractivity contribution in [3.05, 3.63) is 48.6 Å². The Hall–Kier alpha value is -3.95. The molecule has 30 heavy (non-hydrogen) atoms. The zero-order valence-corrected chi connectivity index (χ0v) is 16.5. The van der Waals surface area contributed by atoms with Gasteiger partial charge in [-0.05, 0) is 0 Å². The van der Waals surface area contributed by atoms with Gasteiger partial charge in [-0.1, -0.05) is 30.3 Å². The van der Waals surface area contributed by atoms with Crippen molar-refractivity contribution >= 4 is 29.4 Å². The fourth-order valence-corrected chi connectivity index (χ4v) is 2.36. The number of amides is 2. The molecular formula is C20H24N6O4. The number of rotatable bonds is 11. The summed E-state index contributed by atoms with van der Waals surface area (Å²) in [5.74, 6) is -0.113. The predicted molar refractivity (Wildman–Crippen MR) is 113 cm³/mol. The van der Waals surface area contributed by atoms with Gasteiger partial charge in [0.1, 0.15) is 11.6 Å². The van der Waals surface area contributed by atoms with Gasteiger partial charge in [-0.2, -0.15) is 0 Å². The Kier molecular flexibility index (Phi) is 8.78. The molecule has 1 heterocycles. The van der Waals surface area contributed by atoms with E-state index in [0.29, 0.717) is 37.1 Å². The first-order valence-corrected chi connectivity index (χ1v) is 9.29. The second-order valence-corrected chi connectivity index (χ2v) is 6.13. The third-order valence-corrected chi connectivity index (χ3v) is 3.67. The molecule has 0 spiro atoms. The van der Waals surface area contributed by atoms with Crippen LogP contribution < -0.4 is 21.3 Å². The molecule has 0 unspecified atom stereocenters. The zero-order chi connectivity index (χ0) is 21.8. The number of aromatic nitrogens is 2. The second kappa shape index (κ2) is 11.8. The molecule has 1 aromatic heterocycles. The molecule has 2 rings (SSSR count). The molecule has 0 saturated heterocycles. The molecule has 0 radical (unpaired) electrons. The Labute approximate surface area is 173 Å². The van der Waals surface area contributed by atoms with Gasteiger partial charge in [0, 0.05) is 56.9 Å². The number of hydrogen-bond donors (Lipinski definition) is 5. The van der Waals surface area contributed by atoms with E-state index in [1.807, 2.05) is 30.3 Å². The Morgan fingerprint density at radius 1 is 0.900 bits per heavy atom. The molecule has 10 heteroatoms. The number of carboxylic acid groups (broad SMARTS) is 1. The summed E-state index contributed by atoms with van der Waals surface area (Å²) in [6.45, 7) is 3.06. The summed E-state index contributed by atoms with van der Waals surface area (Å²) in [6, 6.07) is 11.2. The van der Waals surface area contributed by atoms with E-state index in [1.165, 1.54) is 6.92 Å². The third kappa shape index (κ3) is 8.38. The van der Waals surface area contributed by atoms with E-state index in [4.69, 9.17) is 5.11 Å². The normalized spacial score (nSPS) is 10.4. The summed E-state index contributed by atoms with van der Waals surface area (Å²) in [6.07, 6.45) is 1.73. The highest BCUT2D eigenvalue weighted by Crippen LogP contribution is 2.19. The number of nitrogens with zero attached hydrogens (tertiary/aromatic N) is 2. The number of nitrogens with one attached hydrogen (secondary N) is 4. The maximum atomic E-state index is 11.5. The average Bonchev–Trinajstić information content (AvgIpc) is 2.73. The van der Waals surface area contributed by atoms with Crippen molar-refractivity contribution in [3.8, 4) is 11.4 Å². The number of benzene rings is 1. The van der Waals surface area contributed by atoms with E-state index in [9.17, 15) is 14.4 Å². The molecule has 0 atom stereocenters. The van der Waals surface area contributed by atoms with Gasteiger partial charge >= 0.3 is 5.97 Å². The Bertz CT molecular complexity index is 901. The molecule has 2 aromatic rings. The minimum atomic E-state index is -1.18. The molecular weight excluding hydrogens is 388 g/mol. The van der Waals surface area contributed by atoms with Crippen LogP contribution in [0.4, 0.5) is 11.6 Å². The van der Waals surface area contributed by atoms with Crippen molar-refractivity contribution in [2.75, 3.05) is 36.8 Å². The highest BCUT2D eigenvalue weighted by atomic mass is 16.4. The maximum absolute atomic E-state index is 11.5. The Morgan fingerprint density at radius 2 is 1.50 bits per heavy atom. The Balaban J connectivity index is 2.00. The molecule has 5 N–H and O–H groups in total. The van der Waals surface area contributed by atoms with Crippen LogP contribution in [0, 0.1) is 0 Å². The number of carbonyl (C=O) groups is 3. The minimum absolute atomic E-state index is 0.105. The van der Waals surface area contributed by atoms with Crippen LogP contribution in [0.3, 0.4) is 0 Å². The molecule has 0 aliphatic heterocycles. The maximum Gasteiger partial charge on any atom is 0.328 e. The molecule has 1 aromatic carbocycles. The zero-order valence-electron chi connectivity index (χ0n) is 16.5. The first-order chi connectivity index (χ1) is 14.4. The van der Waals surface area contributed by atoms with E-state index in [0.717, 1.165) is 17.7 Å². The predicted octanol–water partition coefficient (Wildman–Crippen LogP) is 0.861. The summed E-state index contributed by atoms with van der Waals surface area (Å²) >= 11 is 0. The largest absolute Gasteiger partial charge is 0.478 e. The molecule has 0 bridgehead atoms. The standard InChI is InChI=1S/C20H24N6O4/c1-14(27)21-9-10-22-16-13-17(23-11-12-24-18(28)7-8-19(29)30)26-20(25-16)15-5-3-2-4-6-15/h2-8,13H,9-12H2,1H3,(H,21,27)(H,24,28)(H,29,30)(H2,22,23,25,26). The lowest BCUT2D eigenvalue weighted by Gasteiger charge is -2.12. The highest BCUT2D eigenvalue weighted by Gasteiger charge is 2.07. The molecule has 2 amide bonds. The van der Waals surface area contributed by atoms with Crippen LogP contribution in [0.2, 0.25) is 0 Å². The van der Waals surface area contributed by atoms with Crippen molar-refractivity contribution in [3.63, 3.8) is 0 Å². The van der Waals surface area contributed by atoms with E-state index in [2.05, 4.69) is 31.2 Å². The lowest BCUT2D eigenvalue weighted by molar-refractivity contribution is -0.131.